The summed E-state index contributed by atoms with van der Waals surface area (Å²) in [5.41, 5.74) is 0.988. The van der Waals surface area contributed by atoms with Crippen LogP contribution in [0.25, 0.3) is 10.9 Å². The Morgan fingerprint density at radius 3 is 2.44 bits per heavy atom. The van der Waals surface area contributed by atoms with Gasteiger partial charge in [0.05, 0.1) is 44.1 Å². The highest BCUT2D eigenvalue weighted by Crippen LogP contribution is 2.30. The first-order chi connectivity index (χ1) is 12.0. The lowest BCUT2D eigenvalue weighted by Gasteiger charge is -2.14. The van der Waals surface area contributed by atoms with Crippen LogP contribution >= 0.6 is 15.9 Å². The Labute approximate surface area is 152 Å². The molecule has 25 heavy (non-hydrogen) atoms. The van der Waals surface area contributed by atoms with E-state index in [9.17, 15) is 9.90 Å². The van der Waals surface area contributed by atoms with Gasteiger partial charge in [-0.1, -0.05) is 28.1 Å². The molecule has 0 aliphatic carbocycles. The maximum absolute atomic E-state index is 12.7. The fraction of sp³-hybridized carbons (Fsp3) is 0.222. The molecule has 1 aromatic heterocycles. The molecule has 1 N–H and O–H groups in total. The van der Waals surface area contributed by atoms with E-state index in [0.29, 0.717) is 22.4 Å². The molecule has 0 saturated carbocycles. The van der Waals surface area contributed by atoms with Crippen molar-refractivity contribution >= 4 is 26.8 Å². The number of fused-ring (bicyclic) bond motifs is 1. The molecule has 0 aliphatic rings. The number of nitrogens with zero attached hydrogens (tertiary/aromatic N) is 2. The Morgan fingerprint density at radius 2 is 1.80 bits per heavy atom. The molecule has 0 bridgehead atoms. The lowest BCUT2D eigenvalue weighted by atomic mass is 10.1. The molecule has 130 valence electrons. The third kappa shape index (κ3) is 3.52. The molecular formula is C18H17BrN2O4. The fourth-order valence-electron chi connectivity index (χ4n) is 2.59. The molecule has 3 aromatic rings. The number of hydrogen-bond donors (Lipinski definition) is 1. The monoisotopic (exact) mass is 404 g/mol. The Balaban J connectivity index is 1.98. The van der Waals surface area contributed by atoms with Crippen molar-refractivity contribution in [2.45, 2.75) is 12.6 Å². The van der Waals surface area contributed by atoms with Gasteiger partial charge in [0.15, 0.2) is 11.5 Å². The molecule has 0 amide bonds. The molecule has 0 radical (unpaired) electrons. The van der Waals surface area contributed by atoms with E-state index >= 15 is 0 Å². The first-order valence-electron chi connectivity index (χ1n) is 7.58. The van der Waals surface area contributed by atoms with Gasteiger partial charge in [0, 0.05) is 10.5 Å². The number of halogens is 1. The number of methoxy groups -OCH3 is 2. The molecule has 1 unspecified atom stereocenters. The van der Waals surface area contributed by atoms with Crippen LogP contribution < -0.4 is 15.0 Å². The molecule has 3 rings (SSSR count). The first kappa shape index (κ1) is 17.4. The largest absolute Gasteiger partial charge is 0.493 e. The van der Waals surface area contributed by atoms with E-state index in [1.807, 2.05) is 24.3 Å². The van der Waals surface area contributed by atoms with Gasteiger partial charge in [-0.15, -0.1) is 0 Å². The predicted octanol–water partition coefficient (Wildman–Crippen LogP) is 2.91. The summed E-state index contributed by atoms with van der Waals surface area (Å²) in [6, 6.07) is 10.6. The van der Waals surface area contributed by atoms with Crippen LogP contribution in [0.5, 0.6) is 11.5 Å². The minimum Gasteiger partial charge on any atom is -0.493 e. The average Bonchev–Trinajstić information content (AvgIpc) is 2.63. The molecule has 1 atom stereocenters. The van der Waals surface area contributed by atoms with E-state index in [2.05, 4.69) is 20.9 Å². The molecule has 2 aromatic carbocycles. The summed E-state index contributed by atoms with van der Waals surface area (Å²) < 4.78 is 12.8. The van der Waals surface area contributed by atoms with Gasteiger partial charge in [-0.2, -0.15) is 0 Å². The van der Waals surface area contributed by atoms with Gasteiger partial charge < -0.3 is 14.6 Å². The quantitative estimate of drug-likeness (QED) is 0.707. The highest BCUT2D eigenvalue weighted by Gasteiger charge is 2.14. The van der Waals surface area contributed by atoms with Crippen molar-refractivity contribution in [1.29, 1.82) is 0 Å². The summed E-state index contributed by atoms with van der Waals surface area (Å²) in [5, 5.41) is 10.8. The fourth-order valence-corrected chi connectivity index (χ4v) is 2.86. The minimum atomic E-state index is -0.815. The van der Waals surface area contributed by atoms with Gasteiger partial charge in [0.1, 0.15) is 0 Å². The van der Waals surface area contributed by atoms with Crippen LogP contribution in [-0.4, -0.2) is 28.9 Å². The van der Waals surface area contributed by atoms with Crippen molar-refractivity contribution in [3.63, 3.8) is 0 Å². The highest BCUT2D eigenvalue weighted by molar-refractivity contribution is 9.10. The number of benzene rings is 2. The molecule has 0 spiro atoms. The second-order valence-corrected chi connectivity index (χ2v) is 6.41. The Morgan fingerprint density at radius 1 is 1.16 bits per heavy atom. The van der Waals surface area contributed by atoms with Crippen LogP contribution in [0.4, 0.5) is 0 Å². The van der Waals surface area contributed by atoms with Crippen LogP contribution in [0, 0.1) is 0 Å². The standard InChI is InChI=1S/C18H17BrN2O4/c1-24-16-7-13-14(8-17(16)25-2)20-10-21(18(13)23)9-15(22)11-3-5-12(19)6-4-11/h3-8,10,15,22H,9H2,1-2H3. The van der Waals surface area contributed by atoms with Crippen LogP contribution in [-0.2, 0) is 6.54 Å². The molecule has 7 heteroatoms. The predicted molar refractivity (Wildman–Crippen MR) is 98.2 cm³/mol. The van der Waals surface area contributed by atoms with Crippen molar-refractivity contribution in [1.82, 2.24) is 9.55 Å². The Kier molecular flexibility index (Phi) is 5.06. The van der Waals surface area contributed by atoms with Crippen molar-refractivity contribution in [3.8, 4) is 11.5 Å². The van der Waals surface area contributed by atoms with E-state index in [1.165, 1.54) is 25.1 Å². The third-order valence-corrected chi connectivity index (χ3v) is 4.48. The Hall–Kier alpha value is -2.38. The van der Waals surface area contributed by atoms with Crippen LogP contribution in [0.2, 0.25) is 0 Å². The van der Waals surface area contributed by atoms with Gasteiger partial charge in [-0.3, -0.25) is 9.36 Å². The second-order valence-electron chi connectivity index (χ2n) is 5.49. The van der Waals surface area contributed by atoms with Crippen LogP contribution in [0.3, 0.4) is 0 Å². The molecule has 1 heterocycles. The lowest BCUT2D eigenvalue weighted by molar-refractivity contribution is 0.155. The van der Waals surface area contributed by atoms with Crippen molar-refractivity contribution in [2.24, 2.45) is 0 Å². The first-order valence-corrected chi connectivity index (χ1v) is 8.37. The maximum atomic E-state index is 12.7. The van der Waals surface area contributed by atoms with E-state index in [4.69, 9.17) is 9.47 Å². The van der Waals surface area contributed by atoms with Crippen molar-refractivity contribution in [3.05, 3.63) is 63.1 Å². The van der Waals surface area contributed by atoms with Crippen LogP contribution in [0.1, 0.15) is 11.7 Å². The van der Waals surface area contributed by atoms with Gasteiger partial charge in [0.2, 0.25) is 0 Å². The summed E-state index contributed by atoms with van der Waals surface area (Å²) >= 11 is 3.36. The molecule has 6 nitrogen and oxygen atoms in total. The minimum absolute atomic E-state index is 0.109. The van der Waals surface area contributed by atoms with Crippen LogP contribution in [0.15, 0.2) is 52.0 Å². The maximum Gasteiger partial charge on any atom is 0.261 e. The van der Waals surface area contributed by atoms with Gasteiger partial charge in [-0.25, -0.2) is 4.98 Å². The number of rotatable bonds is 5. The summed E-state index contributed by atoms with van der Waals surface area (Å²) in [4.78, 5) is 17.0. The van der Waals surface area contributed by atoms with E-state index in [1.54, 1.807) is 12.1 Å². The van der Waals surface area contributed by atoms with Gasteiger partial charge in [0.25, 0.3) is 5.56 Å². The molecular weight excluding hydrogens is 388 g/mol. The van der Waals surface area contributed by atoms with E-state index in [-0.39, 0.29) is 12.1 Å². The molecule has 0 saturated heterocycles. The zero-order valence-electron chi connectivity index (χ0n) is 13.8. The number of aromatic nitrogens is 2. The topological polar surface area (TPSA) is 73.6 Å². The normalized spacial score (nSPS) is 12.2. The second kappa shape index (κ2) is 7.25. The van der Waals surface area contributed by atoms with Gasteiger partial charge in [-0.05, 0) is 23.8 Å². The molecule has 0 aliphatic heterocycles. The number of hydrogen-bond acceptors (Lipinski definition) is 5. The SMILES string of the molecule is COc1cc2ncn(CC(O)c3ccc(Br)cc3)c(=O)c2cc1OC. The van der Waals surface area contributed by atoms with E-state index in [0.717, 1.165) is 10.0 Å². The zero-order chi connectivity index (χ0) is 18.0. The zero-order valence-corrected chi connectivity index (χ0v) is 15.4. The number of aliphatic hydroxyl groups excluding tert-OH is 1. The third-order valence-electron chi connectivity index (χ3n) is 3.95. The summed E-state index contributed by atoms with van der Waals surface area (Å²) in [6.07, 6.45) is 0.615. The Bertz CT molecular complexity index is 954. The summed E-state index contributed by atoms with van der Waals surface area (Å²) in [5.74, 6) is 0.967. The smallest absolute Gasteiger partial charge is 0.261 e. The summed E-state index contributed by atoms with van der Waals surface area (Å²) in [7, 11) is 3.04. The highest BCUT2D eigenvalue weighted by atomic mass is 79.9. The number of ether oxygens (including phenoxy) is 2. The van der Waals surface area contributed by atoms with E-state index < -0.39 is 6.10 Å². The number of aliphatic hydroxyl groups is 1. The summed E-state index contributed by atoms with van der Waals surface area (Å²) in [6.45, 7) is 0.109. The van der Waals surface area contributed by atoms with Crippen molar-refractivity contribution < 1.29 is 14.6 Å². The van der Waals surface area contributed by atoms with Gasteiger partial charge >= 0.3 is 0 Å². The average molecular weight is 405 g/mol. The van der Waals surface area contributed by atoms with Crippen molar-refractivity contribution in [2.75, 3.05) is 14.2 Å². The molecule has 0 fully saturated rings. The lowest BCUT2D eigenvalue weighted by Crippen LogP contribution is -2.23.